The van der Waals surface area contributed by atoms with Gasteiger partial charge in [-0.1, -0.05) is 0 Å². The Balaban J connectivity index is 1.74. The third kappa shape index (κ3) is 12.2. The lowest BCUT2D eigenvalue weighted by Crippen LogP contribution is -2.18. The molecule has 0 aliphatic carbocycles. The molecule has 0 saturated heterocycles. The van der Waals surface area contributed by atoms with Crippen LogP contribution in [0.3, 0.4) is 0 Å². The Morgan fingerprint density at radius 2 is 0.122 bits per heavy atom. The fraction of sp³-hybridized carbons (Fsp3) is 0. The van der Waals surface area contributed by atoms with Crippen LogP contribution in [0.2, 0.25) is 0 Å². The van der Waals surface area contributed by atoms with Crippen LogP contribution >= 0.6 is 0 Å². The van der Waals surface area contributed by atoms with Crippen LogP contribution in [0.4, 0.5) is 231 Å². The van der Waals surface area contributed by atoms with Gasteiger partial charge in [-0.25, -0.2) is 220 Å². The summed E-state index contributed by atoms with van der Waals surface area (Å²) in [5.41, 5.74) is -99.1. The van der Waals surface area contributed by atoms with E-state index in [4.69, 9.17) is 0 Å². The van der Waals surface area contributed by atoms with E-state index >= 15 is 220 Å². The first-order chi connectivity index (χ1) is 57.0. The number of nitrogens with one attached hydrogen (secondary N) is 1. The zero-order valence-corrected chi connectivity index (χ0v) is 55.4. The van der Waals surface area contributed by atoms with E-state index in [1.807, 2.05) is 0 Å². The lowest BCUT2D eigenvalue weighted by atomic mass is 9.74. The largest absolute Gasteiger partial charge is 0.353 e. The zero-order valence-electron chi connectivity index (χ0n) is 55.4. The molecule has 0 radical (unpaired) electrons. The Morgan fingerprint density at radius 1 is 0.0650 bits per heavy atom. The second-order valence-electron chi connectivity index (χ2n) is 24.1. The summed E-state index contributed by atoms with van der Waals surface area (Å²) in [4.78, 5) is 0. The van der Waals surface area contributed by atoms with Gasteiger partial charge < -0.3 is 5.32 Å². The number of anilines is 2. The Hall–Kier alpha value is -13.1. The molecule has 0 aliphatic heterocycles. The number of benzene rings is 12. The van der Waals surface area contributed by atoms with Gasteiger partial charge in [-0.3, -0.25) is 0 Å². The van der Waals surface area contributed by atoms with Gasteiger partial charge in [0.25, 0.3) is 0 Å². The summed E-state index contributed by atoms with van der Waals surface area (Å²) < 4.78 is 840. The lowest BCUT2D eigenvalue weighted by molar-refractivity contribution is 0.379. The minimum atomic E-state index is -4.71. The van der Waals surface area contributed by atoms with Gasteiger partial charge in [-0.05, 0) is 0 Å². The average Bonchev–Trinajstić information content (AvgIpc) is 0.682. The predicted molar refractivity (Wildman–Crippen MR) is 308 cm³/mol. The zero-order chi connectivity index (χ0) is 92.3. The molecule has 1 nitrogen and oxygen atoms in total. The van der Waals surface area contributed by atoms with Crippen LogP contribution in [0.1, 0.15) is 0 Å². The summed E-state index contributed by atoms with van der Waals surface area (Å²) >= 11 is 0. The highest BCUT2D eigenvalue weighted by Crippen LogP contribution is 2.66. The van der Waals surface area contributed by atoms with Crippen molar-refractivity contribution in [3.05, 3.63) is 291 Å². The monoisotopic (exact) mass is 1830 g/mol. The van der Waals surface area contributed by atoms with Crippen LogP contribution < -0.4 is 5.32 Å². The van der Waals surface area contributed by atoms with Crippen molar-refractivity contribution in [3.63, 3.8) is 0 Å². The lowest BCUT2D eigenvalue weighted by Gasteiger charge is -2.33. The van der Waals surface area contributed by atoms with Gasteiger partial charge in [0.2, 0.25) is 58.2 Å². The minimum Gasteiger partial charge on any atom is -0.353 e. The summed E-state index contributed by atoms with van der Waals surface area (Å²) in [5, 5.41) is -0.0625. The van der Waals surface area contributed by atoms with Gasteiger partial charge in [0, 0.05) is 55.6 Å². The maximum Gasteiger partial charge on any atom is 0.200 e. The molecular weight excluding hydrogens is 1830 g/mol. The molecule has 12 rings (SSSR count). The molecule has 0 aliphatic rings. The van der Waals surface area contributed by atoms with Gasteiger partial charge in [0.05, 0.1) is 67.0 Å². The third-order valence-corrected chi connectivity index (χ3v) is 17.8. The van der Waals surface area contributed by atoms with Crippen LogP contribution in [-0.2, 0) is 0 Å². The standard InChI is InChI=1S/C72HF50N/c73-21-11(22(74)42(94)61(113)41(21)93)1-3(13-25(77)45(97)63(115)46(98)26(13)78)7(17-33(85)53(105)67(119)54(106)34(17)86)71(8(18-35(87)55(107)68(120)56(108)36(18)88)4(1)14-27(79)47(99)64(116)48(100)28(14)80)123-72-9(19-37(89)57(109)69(121)58(110)38(19)90)5(15-29(81)49(101)65(117)50(102)30(15)82)2(12-23(75)43(95)62(114)44(96)24(12)76)6(16-31(83)51(103)66(118)52(104)32(16)84)10(72)20-39(91)59(111)70(122)60(112)40(20)92/h123H. The Morgan fingerprint density at radius 3 is 0.203 bits per heavy atom. The van der Waals surface area contributed by atoms with E-state index in [2.05, 4.69) is 0 Å². The number of halogens is 50. The Bertz CT molecular complexity index is 5860. The molecule has 0 spiro atoms. The van der Waals surface area contributed by atoms with Crippen molar-refractivity contribution >= 4 is 11.4 Å². The van der Waals surface area contributed by atoms with E-state index in [1.165, 1.54) is 0 Å². The number of hydrogen-bond acceptors (Lipinski definition) is 1. The molecule has 51 heteroatoms. The Labute approximate surface area is 637 Å². The summed E-state index contributed by atoms with van der Waals surface area (Å²) in [7, 11) is 0. The summed E-state index contributed by atoms with van der Waals surface area (Å²) in [5.74, 6) is -218. The highest BCUT2D eigenvalue weighted by atomic mass is 19.2. The first-order valence-electron chi connectivity index (χ1n) is 30.4. The summed E-state index contributed by atoms with van der Waals surface area (Å²) in [6.07, 6.45) is 0. The molecule has 0 unspecified atom stereocenters. The quantitative estimate of drug-likeness (QED) is 0.0730. The molecule has 1 N–H and O–H groups in total. The molecule has 0 aromatic heterocycles. The van der Waals surface area contributed by atoms with Gasteiger partial charge in [-0.2, -0.15) is 0 Å². The first kappa shape index (κ1) is 89.2. The van der Waals surface area contributed by atoms with Crippen LogP contribution in [-0.4, -0.2) is 0 Å². The average molecular weight is 1830 g/mol. The van der Waals surface area contributed by atoms with Crippen molar-refractivity contribution in [2.24, 2.45) is 0 Å². The molecule has 12 aromatic rings. The van der Waals surface area contributed by atoms with E-state index in [9.17, 15) is 0 Å². The molecule has 0 heterocycles. The van der Waals surface area contributed by atoms with E-state index in [0.717, 1.165) is 0 Å². The van der Waals surface area contributed by atoms with Crippen LogP contribution in [0, 0.1) is 291 Å². The predicted octanol–water partition coefficient (Wildman–Crippen LogP) is 27.1. The highest BCUT2D eigenvalue weighted by molar-refractivity contribution is 6.20. The molecule has 644 valence electrons. The van der Waals surface area contributed by atoms with Crippen LogP contribution in [0.5, 0.6) is 0 Å². The normalized spacial score (nSPS) is 11.8. The van der Waals surface area contributed by atoms with Crippen molar-refractivity contribution in [1.82, 2.24) is 0 Å². The van der Waals surface area contributed by atoms with Crippen molar-refractivity contribution in [1.29, 1.82) is 0 Å². The van der Waals surface area contributed by atoms with E-state index in [-0.39, 0.29) is 5.32 Å². The topological polar surface area (TPSA) is 12.0 Å². The Kier molecular flexibility index (Phi) is 22.1. The fourth-order valence-corrected chi connectivity index (χ4v) is 12.6. The second-order valence-corrected chi connectivity index (χ2v) is 24.1. The van der Waals surface area contributed by atoms with E-state index < -0.39 is 414 Å². The van der Waals surface area contributed by atoms with Gasteiger partial charge in [0.15, 0.2) is 233 Å². The van der Waals surface area contributed by atoms with Crippen molar-refractivity contribution < 1.29 is 220 Å². The molecule has 12 aromatic carbocycles. The van der Waals surface area contributed by atoms with Crippen molar-refractivity contribution in [2.75, 3.05) is 5.32 Å². The summed E-state index contributed by atoms with van der Waals surface area (Å²) in [6.45, 7) is 0. The smallest absolute Gasteiger partial charge is 0.200 e. The third-order valence-electron chi connectivity index (χ3n) is 17.8. The van der Waals surface area contributed by atoms with Crippen LogP contribution in [0.15, 0.2) is 0 Å². The van der Waals surface area contributed by atoms with E-state index in [1.54, 1.807) is 0 Å². The SMILES string of the molecule is Fc1c(F)c(F)c(-c2c(Nc3c(-c4c(F)c(F)c(F)c(F)c4F)c(-c4c(F)c(F)c(F)c(F)c4F)c(-c4c(F)c(F)c(F)c(F)c4F)c(-c4c(F)c(F)c(F)c(F)c4F)c3-c3c(F)c(F)c(F)c(F)c3F)c(-c3c(F)c(F)c(F)c(F)c3F)c(-c3c(F)c(F)c(F)c(F)c3F)c(-c3c(F)c(F)c(F)c(F)c3F)c2-c2c(F)c(F)c(F)c(F)c2F)c(F)c1F. The van der Waals surface area contributed by atoms with Crippen molar-refractivity contribution in [2.45, 2.75) is 0 Å². The van der Waals surface area contributed by atoms with Gasteiger partial charge in [0.1, 0.15) is 0 Å². The van der Waals surface area contributed by atoms with Gasteiger partial charge in [-0.15, -0.1) is 0 Å². The van der Waals surface area contributed by atoms with Gasteiger partial charge >= 0.3 is 0 Å². The molecule has 0 fully saturated rings. The first-order valence-corrected chi connectivity index (χ1v) is 30.4. The highest BCUT2D eigenvalue weighted by Gasteiger charge is 2.50. The van der Waals surface area contributed by atoms with Crippen molar-refractivity contribution in [3.8, 4) is 111 Å². The molecule has 0 saturated carbocycles. The molecule has 123 heavy (non-hydrogen) atoms. The maximum atomic E-state index is 17.9. The molecular formula is C72HF50N. The molecule has 0 atom stereocenters. The second kappa shape index (κ2) is 30.5. The summed E-state index contributed by atoms with van der Waals surface area (Å²) in [6, 6.07) is 0. The van der Waals surface area contributed by atoms with Crippen LogP contribution in [0.25, 0.3) is 111 Å². The fourth-order valence-electron chi connectivity index (χ4n) is 12.6. The maximum absolute atomic E-state index is 17.9. The molecule has 0 amide bonds. The minimum absolute atomic E-state index is 0.0625. The number of rotatable bonds is 12. The van der Waals surface area contributed by atoms with E-state index in [0.29, 0.717) is 0 Å². The molecule has 0 bridgehead atoms. The number of hydrogen-bond donors (Lipinski definition) is 1.